The molecule has 0 spiro atoms. The molecule has 0 amide bonds. The van der Waals surface area contributed by atoms with Gasteiger partial charge in [0.2, 0.25) is 0 Å². The van der Waals surface area contributed by atoms with Crippen LogP contribution in [0.25, 0.3) is 0 Å². The molecule has 1 fully saturated rings. The van der Waals surface area contributed by atoms with Gasteiger partial charge in [-0.1, -0.05) is 31.0 Å². The van der Waals surface area contributed by atoms with Crippen LogP contribution in [0.2, 0.25) is 0 Å². The smallest absolute Gasteiger partial charge is 0.141 e. The molecule has 1 saturated carbocycles. The average Bonchev–Trinajstić information content (AvgIpc) is 3.18. The van der Waals surface area contributed by atoms with Crippen LogP contribution in [0.4, 0.5) is 5.69 Å². The third kappa shape index (κ3) is 2.83. The minimum atomic E-state index is 0.411. The predicted octanol–water partition coefficient (Wildman–Crippen LogP) is 5.10. The van der Waals surface area contributed by atoms with Crippen LogP contribution in [0.15, 0.2) is 41.8 Å². The van der Waals surface area contributed by atoms with Crippen molar-refractivity contribution in [2.75, 3.05) is 12.4 Å². The van der Waals surface area contributed by atoms with Crippen LogP contribution in [-0.2, 0) is 0 Å². The molecule has 1 aliphatic rings. The molecular formula is C17H21NOS. The summed E-state index contributed by atoms with van der Waals surface area (Å²) in [6, 6.07) is 13.0. The molecule has 1 atom stereocenters. The van der Waals surface area contributed by atoms with Gasteiger partial charge < -0.3 is 10.1 Å². The van der Waals surface area contributed by atoms with E-state index in [1.807, 2.05) is 23.5 Å². The molecule has 0 saturated heterocycles. The van der Waals surface area contributed by atoms with Gasteiger partial charge in [-0.15, -0.1) is 11.3 Å². The molecule has 0 radical (unpaired) electrons. The van der Waals surface area contributed by atoms with Crippen LogP contribution in [0.1, 0.15) is 36.6 Å². The zero-order chi connectivity index (χ0) is 13.8. The zero-order valence-electron chi connectivity index (χ0n) is 11.8. The summed E-state index contributed by atoms with van der Waals surface area (Å²) in [7, 11) is 1.73. The molecule has 0 aliphatic heterocycles. The second kappa shape index (κ2) is 6.31. The van der Waals surface area contributed by atoms with E-state index in [1.165, 1.54) is 30.6 Å². The van der Waals surface area contributed by atoms with E-state index in [-0.39, 0.29) is 0 Å². The van der Waals surface area contributed by atoms with Crippen molar-refractivity contribution in [3.63, 3.8) is 0 Å². The molecule has 2 aromatic rings. The van der Waals surface area contributed by atoms with Gasteiger partial charge in [0.1, 0.15) is 5.75 Å². The number of nitrogens with one attached hydrogen (secondary N) is 1. The fourth-order valence-electron chi connectivity index (χ4n) is 3.11. The highest BCUT2D eigenvalue weighted by atomic mass is 32.1. The monoisotopic (exact) mass is 287 g/mol. The van der Waals surface area contributed by atoms with Crippen LogP contribution in [0, 0.1) is 5.92 Å². The lowest BCUT2D eigenvalue weighted by atomic mass is 9.96. The molecular weight excluding hydrogens is 266 g/mol. The summed E-state index contributed by atoms with van der Waals surface area (Å²) >= 11 is 1.85. The van der Waals surface area contributed by atoms with Gasteiger partial charge in [-0.2, -0.15) is 0 Å². The van der Waals surface area contributed by atoms with Crippen molar-refractivity contribution >= 4 is 17.0 Å². The van der Waals surface area contributed by atoms with Crippen molar-refractivity contribution < 1.29 is 4.74 Å². The van der Waals surface area contributed by atoms with E-state index in [1.54, 1.807) is 7.11 Å². The van der Waals surface area contributed by atoms with Gasteiger partial charge in [0.15, 0.2) is 0 Å². The lowest BCUT2D eigenvalue weighted by Crippen LogP contribution is -2.18. The normalized spacial score (nSPS) is 17.1. The number of para-hydroxylation sites is 2. The van der Waals surface area contributed by atoms with Gasteiger partial charge in [0, 0.05) is 4.88 Å². The average molecular weight is 287 g/mol. The van der Waals surface area contributed by atoms with E-state index in [9.17, 15) is 0 Å². The topological polar surface area (TPSA) is 21.3 Å². The van der Waals surface area contributed by atoms with Gasteiger partial charge in [-0.05, 0) is 42.3 Å². The van der Waals surface area contributed by atoms with Gasteiger partial charge in [-0.3, -0.25) is 0 Å². The number of thiophene rings is 1. The number of ether oxygens (including phenoxy) is 1. The van der Waals surface area contributed by atoms with Crippen LogP contribution < -0.4 is 10.1 Å². The molecule has 1 unspecified atom stereocenters. The Hall–Kier alpha value is -1.48. The Kier molecular flexibility index (Phi) is 4.26. The van der Waals surface area contributed by atoms with Crippen LogP contribution >= 0.6 is 11.3 Å². The first-order chi connectivity index (χ1) is 9.88. The molecule has 1 aromatic carbocycles. The van der Waals surface area contributed by atoms with Crippen molar-refractivity contribution in [1.29, 1.82) is 0 Å². The largest absolute Gasteiger partial charge is 0.495 e. The van der Waals surface area contributed by atoms with E-state index in [2.05, 4.69) is 35.0 Å². The van der Waals surface area contributed by atoms with Gasteiger partial charge in [0.05, 0.1) is 18.8 Å². The van der Waals surface area contributed by atoms with Crippen molar-refractivity contribution in [1.82, 2.24) is 0 Å². The summed E-state index contributed by atoms with van der Waals surface area (Å²) < 4.78 is 5.47. The molecule has 20 heavy (non-hydrogen) atoms. The van der Waals surface area contributed by atoms with Crippen LogP contribution in [0.3, 0.4) is 0 Å². The molecule has 3 rings (SSSR count). The molecule has 0 bridgehead atoms. The van der Waals surface area contributed by atoms with Crippen LogP contribution in [-0.4, -0.2) is 7.11 Å². The third-order valence-electron chi connectivity index (χ3n) is 4.14. The van der Waals surface area contributed by atoms with E-state index >= 15 is 0 Å². The molecule has 3 heteroatoms. The summed E-state index contributed by atoms with van der Waals surface area (Å²) in [4.78, 5) is 1.43. The van der Waals surface area contributed by atoms with E-state index in [0.717, 1.165) is 17.4 Å². The Labute approximate surface area is 124 Å². The van der Waals surface area contributed by atoms with Crippen molar-refractivity contribution in [3.8, 4) is 5.75 Å². The third-order valence-corrected chi connectivity index (χ3v) is 5.09. The zero-order valence-corrected chi connectivity index (χ0v) is 12.7. The summed E-state index contributed by atoms with van der Waals surface area (Å²) in [5.74, 6) is 1.66. The Morgan fingerprint density at radius 3 is 2.65 bits per heavy atom. The van der Waals surface area contributed by atoms with Crippen molar-refractivity contribution in [2.24, 2.45) is 5.92 Å². The fraction of sp³-hybridized carbons (Fsp3) is 0.412. The summed E-state index contributed by atoms with van der Waals surface area (Å²) in [6.07, 6.45) is 5.37. The first-order valence-electron chi connectivity index (χ1n) is 7.31. The lowest BCUT2D eigenvalue weighted by molar-refractivity contribution is 0.413. The molecule has 106 valence electrons. The summed E-state index contributed by atoms with van der Waals surface area (Å²) in [5.41, 5.74) is 1.10. The number of methoxy groups -OCH3 is 1. The maximum absolute atomic E-state index is 5.47. The van der Waals surface area contributed by atoms with Gasteiger partial charge in [0.25, 0.3) is 0 Å². The lowest BCUT2D eigenvalue weighted by Gasteiger charge is -2.25. The fourth-order valence-corrected chi connectivity index (χ4v) is 3.98. The minimum absolute atomic E-state index is 0.411. The van der Waals surface area contributed by atoms with E-state index in [0.29, 0.717) is 6.04 Å². The Bertz CT molecular complexity index is 532. The molecule has 1 heterocycles. The summed E-state index contributed by atoms with van der Waals surface area (Å²) in [5, 5.41) is 5.90. The number of rotatable bonds is 5. The number of anilines is 1. The highest BCUT2D eigenvalue weighted by molar-refractivity contribution is 7.10. The van der Waals surface area contributed by atoms with Gasteiger partial charge >= 0.3 is 0 Å². The standard InChI is InChI=1S/C17H21NOS/c1-19-15-10-5-4-9-14(15)18-17(13-7-2-3-8-13)16-11-6-12-20-16/h4-6,9-13,17-18H,2-3,7-8H2,1H3. The highest BCUT2D eigenvalue weighted by Gasteiger charge is 2.27. The van der Waals surface area contributed by atoms with Crippen molar-refractivity contribution in [2.45, 2.75) is 31.7 Å². The van der Waals surface area contributed by atoms with Gasteiger partial charge in [-0.25, -0.2) is 0 Å². The molecule has 1 aliphatic carbocycles. The number of benzene rings is 1. The first-order valence-corrected chi connectivity index (χ1v) is 8.19. The Morgan fingerprint density at radius 2 is 1.95 bits per heavy atom. The van der Waals surface area contributed by atoms with Crippen LogP contribution in [0.5, 0.6) is 5.75 Å². The number of hydrogen-bond donors (Lipinski definition) is 1. The highest BCUT2D eigenvalue weighted by Crippen LogP contribution is 2.40. The Balaban J connectivity index is 1.86. The second-order valence-corrected chi connectivity index (χ2v) is 6.36. The first kappa shape index (κ1) is 13.5. The maximum atomic E-state index is 5.47. The molecule has 2 nitrogen and oxygen atoms in total. The Morgan fingerprint density at radius 1 is 1.15 bits per heavy atom. The van der Waals surface area contributed by atoms with Crippen molar-refractivity contribution in [3.05, 3.63) is 46.7 Å². The molecule has 1 N–H and O–H groups in total. The van der Waals surface area contributed by atoms with E-state index < -0.39 is 0 Å². The summed E-state index contributed by atoms with van der Waals surface area (Å²) in [6.45, 7) is 0. The quantitative estimate of drug-likeness (QED) is 0.826. The predicted molar refractivity (Wildman–Crippen MR) is 85.6 cm³/mol. The minimum Gasteiger partial charge on any atom is -0.495 e. The number of hydrogen-bond acceptors (Lipinski definition) is 3. The molecule has 1 aromatic heterocycles. The maximum Gasteiger partial charge on any atom is 0.141 e. The second-order valence-electron chi connectivity index (χ2n) is 5.38. The van der Waals surface area contributed by atoms with E-state index in [4.69, 9.17) is 4.74 Å². The SMILES string of the molecule is COc1ccccc1NC(c1cccs1)C1CCCC1.